The van der Waals surface area contributed by atoms with Gasteiger partial charge in [0.2, 0.25) is 0 Å². The molecular weight excluding hydrogens is 311 g/mol. The van der Waals surface area contributed by atoms with Gasteiger partial charge in [-0.1, -0.05) is 11.6 Å². The smallest absolute Gasteiger partial charge is 0.416 e. The van der Waals surface area contributed by atoms with Crippen LogP contribution in [0.15, 0.2) is 18.2 Å². The molecule has 0 aromatic heterocycles. The Bertz CT molecular complexity index is 536. The maximum atomic E-state index is 12.7. The summed E-state index contributed by atoms with van der Waals surface area (Å²) in [5, 5.41) is 11.6. The van der Waals surface area contributed by atoms with E-state index >= 15 is 0 Å². The van der Waals surface area contributed by atoms with E-state index < -0.39 is 23.8 Å². The number of rotatable bonds is 4. The third-order valence-corrected chi connectivity index (χ3v) is 3.36. The highest BCUT2D eigenvalue weighted by atomic mass is 35.5. The van der Waals surface area contributed by atoms with Crippen LogP contribution in [0.25, 0.3) is 0 Å². The zero-order valence-electron chi connectivity index (χ0n) is 10.8. The Balaban J connectivity index is 1.98. The minimum atomic E-state index is -4.47. The van der Waals surface area contributed by atoms with Gasteiger partial charge in [0.25, 0.3) is 0 Å². The summed E-state index contributed by atoms with van der Waals surface area (Å²) >= 11 is 5.67. The highest BCUT2D eigenvalue weighted by molar-refractivity contribution is 6.30. The molecule has 4 nitrogen and oxygen atoms in total. The fourth-order valence-electron chi connectivity index (χ4n) is 2.12. The van der Waals surface area contributed by atoms with Gasteiger partial charge in [-0.3, -0.25) is 0 Å². The molecule has 1 aliphatic rings. The molecule has 0 spiro atoms. The van der Waals surface area contributed by atoms with Gasteiger partial charge in [-0.2, -0.15) is 13.2 Å². The zero-order valence-corrected chi connectivity index (χ0v) is 11.5. The van der Waals surface area contributed by atoms with Crippen molar-refractivity contribution in [3.8, 4) is 0 Å². The third-order valence-electron chi connectivity index (χ3n) is 3.14. The molecular formula is C13H13ClF3NO3. The minimum Gasteiger partial charge on any atom is -0.479 e. The number of alkyl halides is 3. The number of hydrogen-bond donors (Lipinski definition) is 2. The fourth-order valence-corrected chi connectivity index (χ4v) is 2.36. The van der Waals surface area contributed by atoms with Crippen LogP contribution in [-0.2, 0) is 15.7 Å². The quantitative estimate of drug-likeness (QED) is 0.891. The average molecular weight is 324 g/mol. The van der Waals surface area contributed by atoms with Gasteiger partial charge in [-0.25, -0.2) is 4.79 Å². The largest absolute Gasteiger partial charge is 0.479 e. The molecule has 8 heteroatoms. The summed E-state index contributed by atoms with van der Waals surface area (Å²) in [6, 6.07) is 3.18. The number of benzene rings is 1. The van der Waals surface area contributed by atoms with E-state index in [0.717, 1.165) is 12.1 Å². The van der Waals surface area contributed by atoms with Gasteiger partial charge < -0.3 is 15.2 Å². The lowest BCUT2D eigenvalue weighted by Crippen LogP contribution is -2.24. The minimum absolute atomic E-state index is 0.0249. The van der Waals surface area contributed by atoms with E-state index in [0.29, 0.717) is 12.8 Å². The third kappa shape index (κ3) is 4.25. The first-order valence-electron chi connectivity index (χ1n) is 6.25. The summed E-state index contributed by atoms with van der Waals surface area (Å²) in [5.41, 5.74) is -0.620. The summed E-state index contributed by atoms with van der Waals surface area (Å²) in [6.45, 7) is 0.224. The fraction of sp³-hybridized carbons (Fsp3) is 0.462. The van der Waals surface area contributed by atoms with Gasteiger partial charge in [0.1, 0.15) is 0 Å². The molecule has 2 N–H and O–H groups in total. The van der Waals surface area contributed by atoms with E-state index in [1.165, 1.54) is 6.07 Å². The first-order chi connectivity index (χ1) is 9.75. The molecule has 0 amide bonds. The van der Waals surface area contributed by atoms with Crippen molar-refractivity contribution in [2.75, 3.05) is 11.9 Å². The van der Waals surface area contributed by atoms with Crippen LogP contribution in [0.3, 0.4) is 0 Å². The molecule has 0 bridgehead atoms. The number of nitrogens with one attached hydrogen (secondary N) is 1. The Hall–Kier alpha value is -1.47. The molecule has 1 heterocycles. The van der Waals surface area contributed by atoms with Crippen LogP contribution in [0.5, 0.6) is 0 Å². The summed E-state index contributed by atoms with van der Waals surface area (Å²) in [5.74, 6) is -1.03. The zero-order chi connectivity index (χ0) is 15.6. The predicted octanol–water partition coefficient (Wildman–Crippen LogP) is 3.40. The van der Waals surface area contributed by atoms with Crippen LogP contribution in [0.1, 0.15) is 18.4 Å². The number of aliphatic carboxylic acids is 1. The van der Waals surface area contributed by atoms with Crippen LogP contribution in [-0.4, -0.2) is 29.8 Å². The van der Waals surface area contributed by atoms with Crippen LogP contribution in [0.4, 0.5) is 18.9 Å². The van der Waals surface area contributed by atoms with Crippen molar-refractivity contribution in [1.82, 2.24) is 0 Å². The SMILES string of the molecule is O=C(O)C1CCC(CNc2cc(Cl)cc(C(F)(F)F)c2)O1. The monoisotopic (exact) mass is 323 g/mol. The number of halogens is 4. The van der Waals surface area contributed by atoms with E-state index in [4.69, 9.17) is 21.4 Å². The van der Waals surface area contributed by atoms with Crippen LogP contribution in [0, 0.1) is 0 Å². The Labute approximate surface area is 123 Å². The molecule has 0 aliphatic carbocycles. The molecule has 1 aliphatic heterocycles. The number of carboxylic acids is 1. The molecule has 21 heavy (non-hydrogen) atoms. The van der Waals surface area contributed by atoms with Crippen molar-refractivity contribution in [3.63, 3.8) is 0 Å². The molecule has 2 atom stereocenters. The topological polar surface area (TPSA) is 58.6 Å². The van der Waals surface area contributed by atoms with Crippen LogP contribution in [0.2, 0.25) is 5.02 Å². The van der Waals surface area contributed by atoms with Crippen molar-refractivity contribution in [3.05, 3.63) is 28.8 Å². The van der Waals surface area contributed by atoms with Gasteiger partial charge in [-0.05, 0) is 31.0 Å². The van der Waals surface area contributed by atoms with E-state index in [1.54, 1.807) is 0 Å². The second kappa shape index (κ2) is 6.11. The Morgan fingerprint density at radius 1 is 1.38 bits per heavy atom. The van der Waals surface area contributed by atoms with Crippen molar-refractivity contribution >= 4 is 23.3 Å². The average Bonchev–Trinajstić information content (AvgIpc) is 2.83. The van der Waals surface area contributed by atoms with Gasteiger partial charge >= 0.3 is 12.1 Å². The molecule has 0 saturated carbocycles. The molecule has 2 rings (SSSR count). The molecule has 1 fully saturated rings. The summed E-state index contributed by atoms with van der Waals surface area (Å²) in [7, 11) is 0. The van der Waals surface area contributed by atoms with Crippen LogP contribution < -0.4 is 5.32 Å². The summed E-state index contributed by atoms with van der Waals surface area (Å²) < 4.78 is 43.2. The molecule has 1 aromatic rings. The van der Waals surface area contributed by atoms with Gasteiger partial charge in [0.05, 0.1) is 11.7 Å². The highest BCUT2D eigenvalue weighted by Gasteiger charge is 2.32. The predicted molar refractivity (Wildman–Crippen MR) is 70.5 cm³/mol. The van der Waals surface area contributed by atoms with E-state index in [9.17, 15) is 18.0 Å². The maximum Gasteiger partial charge on any atom is 0.416 e. The van der Waals surface area contributed by atoms with Gasteiger partial charge in [-0.15, -0.1) is 0 Å². The number of carboxylic acid groups (broad SMARTS) is 1. The van der Waals surface area contributed by atoms with Crippen molar-refractivity contribution in [2.24, 2.45) is 0 Å². The van der Waals surface area contributed by atoms with E-state index in [-0.39, 0.29) is 23.4 Å². The second-order valence-corrected chi connectivity index (χ2v) is 5.21. The van der Waals surface area contributed by atoms with Crippen LogP contribution >= 0.6 is 11.6 Å². The van der Waals surface area contributed by atoms with E-state index in [2.05, 4.69) is 5.32 Å². The van der Waals surface area contributed by atoms with Crippen molar-refractivity contribution in [1.29, 1.82) is 0 Å². The molecule has 1 saturated heterocycles. The molecule has 0 radical (unpaired) electrons. The Morgan fingerprint density at radius 2 is 2.10 bits per heavy atom. The number of ether oxygens (including phenoxy) is 1. The lowest BCUT2D eigenvalue weighted by molar-refractivity contribution is -0.149. The first-order valence-corrected chi connectivity index (χ1v) is 6.63. The number of hydrogen-bond acceptors (Lipinski definition) is 3. The normalized spacial score (nSPS) is 22.3. The summed E-state index contributed by atoms with van der Waals surface area (Å²) in [4.78, 5) is 10.7. The van der Waals surface area contributed by atoms with Crippen molar-refractivity contribution < 1.29 is 27.8 Å². The van der Waals surface area contributed by atoms with E-state index in [1.807, 2.05) is 0 Å². The number of carbonyl (C=O) groups is 1. The molecule has 116 valence electrons. The summed E-state index contributed by atoms with van der Waals surface area (Å²) in [6.07, 6.45) is -4.73. The van der Waals surface area contributed by atoms with Gasteiger partial charge in [0.15, 0.2) is 6.10 Å². The Kier molecular flexibility index (Phi) is 4.63. The first kappa shape index (κ1) is 15.9. The highest BCUT2D eigenvalue weighted by Crippen LogP contribution is 2.33. The number of anilines is 1. The van der Waals surface area contributed by atoms with Crippen molar-refractivity contribution in [2.45, 2.75) is 31.2 Å². The molecule has 1 aromatic carbocycles. The molecule has 2 unspecified atom stereocenters. The Morgan fingerprint density at radius 3 is 2.67 bits per heavy atom. The lowest BCUT2D eigenvalue weighted by Gasteiger charge is -2.15. The van der Waals surface area contributed by atoms with Gasteiger partial charge in [0, 0.05) is 17.3 Å². The lowest BCUT2D eigenvalue weighted by atomic mass is 10.1. The maximum absolute atomic E-state index is 12.7. The second-order valence-electron chi connectivity index (χ2n) is 4.77. The standard InChI is InChI=1S/C13H13ClF3NO3/c14-8-3-7(13(15,16)17)4-9(5-8)18-6-10-1-2-11(21-10)12(19)20/h3-5,10-11,18H,1-2,6H2,(H,19,20).